The number of rotatable bonds is 49. The smallest absolute Gasteiger partial charge is 0.306 e. The summed E-state index contributed by atoms with van der Waals surface area (Å²) in [7, 11) is 0. The molecule has 6 nitrogen and oxygen atoms in total. The molecule has 0 aliphatic heterocycles. The van der Waals surface area contributed by atoms with Crippen LogP contribution in [-0.4, -0.2) is 46.9 Å². The van der Waals surface area contributed by atoms with Gasteiger partial charge in [0.25, 0.3) is 0 Å². The van der Waals surface area contributed by atoms with Crippen molar-refractivity contribution in [2.24, 2.45) is 0 Å². The van der Waals surface area contributed by atoms with Crippen molar-refractivity contribution in [1.82, 2.24) is 5.32 Å². The van der Waals surface area contributed by atoms with E-state index in [2.05, 4.69) is 26.1 Å². The standard InChI is InChI=1S/C53H105NO5/c1-4-7-10-13-16-19-21-23-25-27-28-30-33-35-38-41-44-49(59-53(58)46-43-40-37-32-18-15-12-9-6-3)47-52(57)54-50(48-55)51(56)45-42-39-36-34-31-29-26-24-22-20-17-14-11-8-5-2/h49-51,55-56H,4-48H2,1-3H3,(H,54,57). The van der Waals surface area contributed by atoms with Crippen molar-refractivity contribution in [3.05, 3.63) is 0 Å². The predicted octanol–water partition coefficient (Wildman–Crippen LogP) is 16.0. The van der Waals surface area contributed by atoms with E-state index in [-0.39, 0.29) is 24.9 Å². The Labute approximate surface area is 368 Å². The molecule has 0 radical (unpaired) electrons. The molecule has 0 rings (SSSR count). The highest BCUT2D eigenvalue weighted by Gasteiger charge is 2.24. The predicted molar refractivity (Wildman–Crippen MR) is 255 cm³/mol. The normalized spacial score (nSPS) is 13.1. The highest BCUT2D eigenvalue weighted by Crippen LogP contribution is 2.19. The molecule has 59 heavy (non-hydrogen) atoms. The van der Waals surface area contributed by atoms with Crippen LogP contribution in [0.5, 0.6) is 0 Å². The largest absolute Gasteiger partial charge is 0.462 e. The van der Waals surface area contributed by atoms with Gasteiger partial charge >= 0.3 is 5.97 Å². The van der Waals surface area contributed by atoms with Gasteiger partial charge in [-0.05, 0) is 25.7 Å². The van der Waals surface area contributed by atoms with Crippen LogP contribution in [0.3, 0.4) is 0 Å². The zero-order valence-corrected chi connectivity index (χ0v) is 40.2. The van der Waals surface area contributed by atoms with Crippen LogP contribution in [-0.2, 0) is 14.3 Å². The van der Waals surface area contributed by atoms with Gasteiger partial charge in [-0.15, -0.1) is 0 Å². The van der Waals surface area contributed by atoms with Crippen molar-refractivity contribution in [2.75, 3.05) is 6.61 Å². The van der Waals surface area contributed by atoms with E-state index in [0.29, 0.717) is 19.3 Å². The van der Waals surface area contributed by atoms with Gasteiger partial charge in [0.15, 0.2) is 0 Å². The molecule has 0 saturated heterocycles. The van der Waals surface area contributed by atoms with Gasteiger partial charge in [0, 0.05) is 6.42 Å². The van der Waals surface area contributed by atoms with Gasteiger partial charge in [-0.2, -0.15) is 0 Å². The van der Waals surface area contributed by atoms with Crippen molar-refractivity contribution in [2.45, 2.75) is 322 Å². The molecule has 0 heterocycles. The van der Waals surface area contributed by atoms with Crippen molar-refractivity contribution in [3.63, 3.8) is 0 Å². The van der Waals surface area contributed by atoms with Crippen LogP contribution in [0, 0.1) is 0 Å². The molecule has 0 aliphatic carbocycles. The Balaban J connectivity index is 4.44. The fourth-order valence-corrected chi connectivity index (χ4v) is 8.61. The summed E-state index contributed by atoms with van der Waals surface area (Å²) < 4.78 is 5.93. The van der Waals surface area contributed by atoms with Gasteiger partial charge in [-0.1, -0.05) is 265 Å². The number of ether oxygens (including phenoxy) is 1. The Morgan fingerprint density at radius 1 is 0.424 bits per heavy atom. The Morgan fingerprint density at radius 2 is 0.712 bits per heavy atom. The number of aliphatic hydroxyl groups excluding tert-OH is 2. The number of esters is 1. The number of hydrogen-bond donors (Lipinski definition) is 3. The summed E-state index contributed by atoms with van der Waals surface area (Å²) in [6, 6.07) is -0.692. The molecule has 1 amide bonds. The zero-order chi connectivity index (χ0) is 43.1. The number of nitrogens with one attached hydrogen (secondary N) is 1. The first-order valence-corrected chi connectivity index (χ1v) is 26.8. The summed E-state index contributed by atoms with van der Waals surface area (Å²) in [5.74, 6) is -0.453. The van der Waals surface area contributed by atoms with Crippen molar-refractivity contribution in [3.8, 4) is 0 Å². The third-order valence-electron chi connectivity index (χ3n) is 12.7. The van der Waals surface area contributed by atoms with Crippen molar-refractivity contribution >= 4 is 11.9 Å². The van der Waals surface area contributed by atoms with Gasteiger partial charge in [0.2, 0.25) is 5.91 Å². The Morgan fingerprint density at radius 3 is 1.03 bits per heavy atom. The summed E-state index contributed by atoms with van der Waals surface area (Å²) in [5.41, 5.74) is 0. The minimum Gasteiger partial charge on any atom is -0.462 e. The molecule has 352 valence electrons. The lowest BCUT2D eigenvalue weighted by Gasteiger charge is -2.24. The average Bonchev–Trinajstić information content (AvgIpc) is 3.23. The van der Waals surface area contributed by atoms with Crippen LogP contribution in [0.4, 0.5) is 0 Å². The highest BCUT2D eigenvalue weighted by molar-refractivity contribution is 5.77. The summed E-state index contributed by atoms with van der Waals surface area (Å²) >= 11 is 0. The lowest BCUT2D eigenvalue weighted by atomic mass is 10.0. The molecular formula is C53H105NO5. The molecule has 0 fully saturated rings. The lowest BCUT2D eigenvalue weighted by molar-refractivity contribution is -0.151. The molecule has 0 saturated carbocycles. The Hall–Kier alpha value is -1.14. The second-order valence-electron chi connectivity index (χ2n) is 18.6. The lowest BCUT2D eigenvalue weighted by Crippen LogP contribution is -2.46. The van der Waals surface area contributed by atoms with Crippen LogP contribution in [0.2, 0.25) is 0 Å². The van der Waals surface area contributed by atoms with E-state index in [4.69, 9.17) is 4.74 Å². The second-order valence-corrected chi connectivity index (χ2v) is 18.6. The number of unbranched alkanes of at least 4 members (excludes halogenated alkanes) is 37. The number of amides is 1. The molecule has 0 bridgehead atoms. The van der Waals surface area contributed by atoms with E-state index in [1.807, 2.05) is 0 Å². The zero-order valence-electron chi connectivity index (χ0n) is 40.2. The first-order valence-electron chi connectivity index (χ1n) is 26.8. The van der Waals surface area contributed by atoms with E-state index in [1.165, 1.54) is 212 Å². The van der Waals surface area contributed by atoms with E-state index in [0.717, 1.165) is 44.9 Å². The summed E-state index contributed by atoms with van der Waals surface area (Å²) in [4.78, 5) is 26.1. The third kappa shape index (κ3) is 43.3. The fourth-order valence-electron chi connectivity index (χ4n) is 8.61. The maximum Gasteiger partial charge on any atom is 0.306 e. The molecule has 0 spiro atoms. The van der Waals surface area contributed by atoms with E-state index in [9.17, 15) is 19.8 Å². The maximum absolute atomic E-state index is 13.2. The van der Waals surface area contributed by atoms with Crippen LogP contribution in [0.25, 0.3) is 0 Å². The SMILES string of the molecule is CCCCCCCCCCCCCCCCCCC(CC(=O)NC(CO)C(O)CCCCCCCCCCCCCCCCC)OC(=O)CCCCCCCCCCC. The highest BCUT2D eigenvalue weighted by atomic mass is 16.5. The monoisotopic (exact) mass is 836 g/mol. The summed E-state index contributed by atoms with van der Waals surface area (Å²) in [6.07, 6.45) is 51.7. The molecule has 3 unspecified atom stereocenters. The van der Waals surface area contributed by atoms with Gasteiger partial charge in [-0.3, -0.25) is 9.59 Å². The first kappa shape index (κ1) is 57.9. The molecule has 0 aromatic carbocycles. The van der Waals surface area contributed by atoms with Gasteiger partial charge < -0.3 is 20.3 Å². The van der Waals surface area contributed by atoms with Crippen LogP contribution in [0.1, 0.15) is 303 Å². The van der Waals surface area contributed by atoms with E-state index >= 15 is 0 Å². The minimum absolute atomic E-state index is 0.0877. The molecule has 0 aromatic rings. The number of carbonyl (C=O) groups is 2. The van der Waals surface area contributed by atoms with Crippen LogP contribution in [0.15, 0.2) is 0 Å². The maximum atomic E-state index is 13.2. The third-order valence-corrected chi connectivity index (χ3v) is 12.7. The quantitative estimate of drug-likeness (QED) is 0.0419. The van der Waals surface area contributed by atoms with Gasteiger partial charge in [0.05, 0.1) is 25.2 Å². The topological polar surface area (TPSA) is 95.9 Å². The average molecular weight is 836 g/mol. The van der Waals surface area contributed by atoms with E-state index in [1.54, 1.807) is 0 Å². The molecular weight excluding hydrogens is 731 g/mol. The Bertz CT molecular complexity index is 852. The van der Waals surface area contributed by atoms with Crippen LogP contribution < -0.4 is 5.32 Å². The van der Waals surface area contributed by atoms with Crippen molar-refractivity contribution in [1.29, 1.82) is 0 Å². The number of carbonyl (C=O) groups excluding carboxylic acids is 2. The fraction of sp³-hybridized carbons (Fsp3) is 0.962. The number of aliphatic hydroxyl groups is 2. The molecule has 0 aliphatic rings. The minimum atomic E-state index is -0.779. The van der Waals surface area contributed by atoms with Crippen molar-refractivity contribution < 1.29 is 24.5 Å². The summed E-state index contributed by atoms with van der Waals surface area (Å²) in [6.45, 7) is 6.50. The first-order chi connectivity index (χ1) is 29.0. The second kappa shape index (κ2) is 47.9. The Kier molecular flexibility index (Phi) is 47.0. The molecule has 3 N–H and O–H groups in total. The number of hydrogen-bond acceptors (Lipinski definition) is 5. The molecule has 6 heteroatoms. The van der Waals surface area contributed by atoms with Gasteiger partial charge in [0.1, 0.15) is 6.10 Å². The molecule has 3 atom stereocenters. The van der Waals surface area contributed by atoms with Gasteiger partial charge in [-0.25, -0.2) is 0 Å². The summed E-state index contributed by atoms with van der Waals surface area (Å²) in [5, 5.41) is 23.8. The van der Waals surface area contributed by atoms with Crippen LogP contribution >= 0.6 is 0 Å². The molecule has 0 aromatic heterocycles. The van der Waals surface area contributed by atoms with E-state index < -0.39 is 18.2 Å².